The first kappa shape index (κ1) is 18.2. The Morgan fingerprint density at radius 1 is 1.19 bits per heavy atom. The van der Waals surface area contributed by atoms with Crippen LogP contribution in [0.1, 0.15) is 30.1 Å². The van der Waals surface area contributed by atoms with Gasteiger partial charge in [0.05, 0.1) is 18.8 Å². The lowest BCUT2D eigenvalue weighted by Crippen LogP contribution is -2.49. The van der Waals surface area contributed by atoms with Gasteiger partial charge in [0.2, 0.25) is 0 Å². The molecule has 1 aromatic heterocycles. The molecule has 0 spiro atoms. The van der Waals surface area contributed by atoms with Crippen LogP contribution in [0.15, 0.2) is 30.5 Å². The van der Waals surface area contributed by atoms with E-state index in [0.717, 1.165) is 57.6 Å². The normalized spacial score (nSPS) is 20.7. The van der Waals surface area contributed by atoms with Gasteiger partial charge in [-0.3, -0.25) is 14.7 Å². The van der Waals surface area contributed by atoms with Crippen molar-refractivity contribution in [1.82, 2.24) is 14.8 Å². The van der Waals surface area contributed by atoms with E-state index in [2.05, 4.69) is 16.8 Å². The number of hydrogen-bond donors (Lipinski definition) is 1. The van der Waals surface area contributed by atoms with Crippen LogP contribution < -0.4 is 0 Å². The summed E-state index contributed by atoms with van der Waals surface area (Å²) in [5.74, 6) is 0.485. The van der Waals surface area contributed by atoms with E-state index in [1.54, 1.807) is 12.3 Å². The number of amides is 1. The van der Waals surface area contributed by atoms with Crippen molar-refractivity contribution in [3.05, 3.63) is 36.0 Å². The molecule has 6 nitrogen and oxygen atoms in total. The SMILES string of the molecule is CC(C1CCN(C(=O)c2ccc3cccnc3c2O)CC1)N1CCOCC1. The molecule has 0 saturated carbocycles. The Balaban J connectivity index is 1.42. The van der Waals surface area contributed by atoms with Gasteiger partial charge in [-0.15, -0.1) is 0 Å². The number of likely N-dealkylation sites (tertiary alicyclic amines) is 1. The largest absolute Gasteiger partial charge is 0.505 e. The summed E-state index contributed by atoms with van der Waals surface area (Å²) in [6.07, 6.45) is 3.63. The lowest BCUT2D eigenvalue weighted by atomic mass is 9.89. The van der Waals surface area contributed by atoms with E-state index < -0.39 is 0 Å². The lowest BCUT2D eigenvalue weighted by molar-refractivity contribution is -0.000963. The number of ether oxygens (including phenoxy) is 1. The maximum absolute atomic E-state index is 13.0. The molecular formula is C21H27N3O3. The molecule has 1 atom stereocenters. The van der Waals surface area contributed by atoms with E-state index in [9.17, 15) is 9.90 Å². The molecule has 0 bridgehead atoms. The molecule has 1 aromatic carbocycles. The fourth-order valence-corrected chi connectivity index (χ4v) is 4.34. The molecule has 2 aromatic rings. The van der Waals surface area contributed by atoms with Crippen molar-refractivity contribution >= 4 is 16.8 Å². The molecule has 2 saturated heterocycles. The standard InChI is InChI=1S/C21H27N3O3/c1-15(23-11-13-27-14-12-23)16-6-9-24(10-7-16)21(26)18-5-4-17-3-2-8-22-19(17)20(18)25/h2-5,8,15-16,25H,6-7,9-14H2,1H3. The fourth-order valence-electron chi connectivity index (χ4n) is 4.34. The Labute approximate surface area is 159 Å². The van der Waals surface area contributed by atoms with Crippen molar-refractivity contribution in [2.24, 2.45) is 5.92 Å². The first-order chi connectivity index (χ1) is 13.1. The van der Waals surface area contributed by atoms with E-state index in [0.29, 0.717) is 23.0 Å². The van der Waals surface area contributed by atoms with Crippen LogP contribution in [-0.2, 0) is 4.74 Å². The van der Waals surface area contributed by atoms with Crippen molar-refractivity contribution in [3.63, 3.8) is 0 Å². The zero-order chi connectivity index (χ0) is 18.8. The van der Waals surface area contributed by atoms with Gasteiger partial charge in [0, 0.05) is 43.8 Å². The van der Waals surface area contributed by atoms with E-state index in [1.165, 1.54) is 0 Å². The number of piperidine rings is 1. The molecule has 27 heavy (non-hydrogen) atoms. The van der Waals surface area contributed by atoms with E-state index in [-0.39, 0.29) is 11.7 Å². The van der Waals surface area contributed by atoms with Gasteiger partial charge < -0.3 is 14.7 Å². The molecule has 2 aliphatic heterocycles. The Kier molecular flexibility index (Phi) is 5.27. The Bertz CT molecular complexity index is 811. The Morgan fingerprint density at radius 2 is 1.93 bits per heavy atom. The minimum Gasteiger partial charge on any atom is -0.505 e. The zero-order valence-electron chi connectivity index (χ0n) is 15.8. The first-order valence-corrected chi connectivity index (χ1v) is 9.83. The monoisotopic (exact) mass is 369 g/mol. The van der Waals surface area contributed by atoms with Gasteiger partial charge in [0.1, 0.15) is 5.52 Å². The average Bonchev–Trinajstić information content (AvgIpc) is 2.74. The first-order valence-electron chi connectivity index (χ1n) is 9.83. The summed E-state index contributed by atoms with van der Waals surface area (Å²) in [5, 5.41) is 11.4. The third-order valence-electron chi connectivity index (χ3n) is 6.11. The van der Waals surface area contributed by atoms with E-state index in [1.807, 2.05) is 23.1 Å². The lowest BCUT2D eigenvalue weighted by Gasteiger charge is -2.41. The molecular weight excluding hydrogens is 342 g/mol. The zero-order valence-corrected chi connectivity index (χ0v) is 15.8. The van der Waals surface area contributed by atoms with Crippen LogP contribution in [0.4, 0.5) is 0 Å². The second-order valence-electron chi connectivity index (χ2n) is 7.56. The van der Waals surface area contributed by atoms with Crippen LogP contribution in [0.25, 0.3) is 10.9 Å². The van der Waals surface area contributed by atoms with Crippen LogP contribution in [-0.4, -0.2) is 71.2 Å². The summed E-state index contributed by atoms with van der Waals surface area (Å²) in [4.78, 5) is 21.5. The number of phenolic OH excluding ortho intramolecular Hbond substituents is 1. The van der Waals surface area contributed by atoms with Gasteiger partial charge in [-0.1, -0.05) is 12.1 Å². The quantitative estimate of drug-likeness (QED) is 0.901. The number of fused-ring (bicyclic) bond motifs is 1. The predicted octanol–water partition coefficient (Wildman–Crippen LogP) is 2.51. The third kappa shape index (κ3) is 3.64. The summed E-state index contributed by atoms with van der Waals surface area (Å²) in [7, 11) is 0. The van der Waals surface area contributed by atoms with Gasteiger partial charge >= 0.3 is 0 Å². The van der Waals surface area contributed by atoms with Crippen LogP contribution in [0, 0.1) is 5.92 Å². The number of hydrogen-bond acceptors (Lipinski definition) is 5. The van der Waals surface area contributed by atoms with Crippen LogP contribution in [0.5, 0.6) is 5.75 Å². The molecule has 1 unspecified atom stereocenters. The minimum absolute atomic E-state index is 0.0121. The summed E-state index contributed by atoms with van der Waals surface area (Å²) in [6, 6.07) is 7.79. The van der Waals surface area contributed by atoms with Crippen LogP contribution >= 0.6 is 0 Å². The summed E-state index contributed by atoms with van der Waals surface area (Å²) in [6.45, 7) is 7.40. The fraction of sp³-hybridized carbons (Fsp3) is 0.524. The molecule has 4 rings (SSSR count). The summed E-state index contributed by atoms with van der Waals surface area (Å²) < 4.78 is 5.45. The smallest absolute Gasteiger partial charge is 0.257 e. The summed E-state index contributed by atoms with van der Waals surface area (Å²) in [5.41, 5.74) is 0.833. The number of aromatic hydroxyl groups is 1. The number of morpholine rings is 1. The second-order valence-corrected chi connectivity index (χ2v) is 7.56. The van der Waals surface area contributed by atoms with Gasteiger partial charge in [-0.2, -0.15) is 0 Å². The van der Waals surface area contributed by atoms with E-state index in [4.69, 9.17) is 4.74 Å². The molecule has 3 heterocycles. The van der Waals surface area contributed by atoms with Crippen molar-refractivity contribution < 1.29 is 14.6 Å². The molecule has 2 fully saturated rings. The van der Waals surface area contributed by atoms with Gasteiger partial charge in [-0.25, -0.2) is 0 Å². The van der Waals surface area contributed by atoms with E-state index >= 15 is 0 Å². The molecule has 2 aliphatic rings. The highest BCUT2D eigenvalue weighted by molar-refractivity contribution is 6.02. The van der Waals surface area contributed by atoms with Crippen molar-refractivity contribution in [1.29, 1.82) is 0 Å². The predicted molar refractivity (Wildman–Crippen MR) is 104 cm³/mol. The number of benzene rings is 1. The van der Waals surface area contributed by atoms with Gasteiger partial charge in [0.15, 0.2) is 5.75 Å². The van der Waals surface area contributed by atoms with Crippen molar-refractivity contribution in [2.75, 3.05) is 39.4 Å². The van der Waals surface area contributed by atoms with Crippen LogP contribution in [0.3, 0.4) is 0 Å². The van der Waals surface area contributed by atoms with Gasteiger partial charge in [0.25, 0.3) is 5.91 Å². The topological polar surface area (TPSA) is 65.9 Å². The molecule has 144 valence electrons. The highest BCUT2D eigenvalue weighted by Crippen LogP contribution is 2.30. The highest BCUT2D eigenvalue weighted by Gasteiger charge is 2.31. The number of phenols is 1. The number of nitrogens with zero attached hydrogens (tertiary/aromatic N) is 3. The Morgan fingerprint density at radius 3 is 2.67 bits per heavy atom. The minimum atomic E-state index is -0.0995. The highest BCUT2D eigenvalue weighted by atomic mass is 16.5. The van der Waals surface area contributed by atoms with Crippen molar-refractivity contribution in [2.45, 2.75) is 25.8 Å². The summed E-state index contributed by atoms with van der Waals surface area (Å²) >= 11 is 0. The number of rotatable bonds is 3. The average molecular weight is 369 g/mol. The second kappa shape index (κ2) is 7.82. The molecule has 1 amide bonds. The van der Waals surface area contributed by atoms with Gasteiger partial charge in [-0.05, 0) is 37.8 Å². The molecule has 0 radical (unpaired) electrons. The number of pyridine rings is 1. The molecule has 0 aliphatic carbocycles. The molecule has 6 heteroatoms. The number of carbonyl (C=O) groups excluding carboxylic acids is 1. The maximum atomic E-state index is 13.0. The van der Waals surface area contributed by atoms with Crippen LogP contribution in [0.2, 0.25) is 0 Å². The van der Waals surface area contributed by atoms with Crippen molar-refractivity contribution in [3.8, 4) is 5.75 Å². The molecule has 1 N–H and O–H groups in total. The number of aromatic nitrogens is 1. The Hall–Kier alpha value is -2.18. The number of carbonyl (C=O) groups is 1. The maximum Gasteiger partial charge on any atom is 0.257 e. The third-order valence-corrected chi connectivity index (χ3v) is 6.11.